The van der Waals surface area contributed by atoms with Gasteiger partial charge in [0.1, 0.15) is 0 Å². The van der Waals surface area contributed by atoms with Crippen molar-refractivity contribution in [3.8, 4) is 0 Å². The lowest BCUT2D eigenvalue weighted by Gasteiger charge is -2.36. The van der Waals surface area contributed by atoms with E-state index < -0.39 is 0 Å². The van der Waals surface area contributed by atoms with Crippen LogP contribution in [0, 0.1) is 0 Å². The molecule has 0 N–H and O–H groups in total. The van der Waals surface area contributed by atoms with Crippen molar-refractivity contribution in [1.29, 1.82) is 0 Å². The Labute approximate surface area is 96.3 Å². The van der Waals surface area contributed by atoms with E-state index in [2.05, 4.69) is 4.90 Å². The van der Waals surface area contributed by atoms with Crippen molar-refractivity contribution in [3.63, 3.8) is 0 Å². The van der Waals surface area contributed by atoms with E-state index >= 15 is 0 Å². The van der Waals surface area contributed by atoms with Gasteiger partial charge in [0.25, 0.3) is 0 Å². The number of ether oxygens (including phenoxy) is 2. The SMILES string of the molecule is CC(C(=O)N1CCOCC1)N1CCOCC1. The highest BCUT2D eigenvalue weighted by atomic mass is 16.5. The molecular weight excluding hydrogens is 208 g/mol. The summed E-state index contributed by atoms with van der Waals surface area (Å²) >= 11 is 0. The minimum absolute atomic E-state index is 0.0259. The largest absolute Gasteiger partial charge is 0.379 e. The van der Waals surface area contributed by atoms with Gasteiger partial charge in [0.15, 0.2) is 0 Å². The molecule has 2 aliphatic heterocycles. The van der Waals surface area contributed by atoms with E-state index in [4.69, 9.17) is 9.47 Å². The zero-order valence-corrected chi connectivity index (χ0v) is 9.85. The molecule has 0 saturated carbocycles. The fourth-order valence-electron chi connectivity index (χ4n) is 2.17. The zero-order chi connectivity index (χ0) is 11.4. The smallest absolute Gasteiger partial charge is 0.239 e. The number of rotatable bonds is 2. The Morgan fingerprint density at radius 1 is 1.00 bits per heavy atom. The van der Waals surface area contributed by atoms with Crippen LogP contribution in [0.5, 0.6) is 0 Å². The first-order chi connectivity index (χ1) is 7.79. The maximum absolute atomic E-state index is 12.2. The summed E-state index contributed by atoms with van der Waals surface area (Å²) in [6.07, 6.45) is 0. The predicted octanol–water partition coefficient (Wildman–Crippen LogP) is -0.434. The standard InChI is InChI=1S/C11H20N2O3/c1-10(12-2-6-15-7-3-12)11(14)13-4-8-16-9-5-13/h10H,2-9H2,1H3. The number of carbonyl (C=O) groups excluding carboxylic acids is 1. The second-order valence-electron chi connectivity index (χ2n) is 4.26. The number of hydrogen-bond donors (Lipinski definition) is 0. The van der Waals surface area contributed by atoms with Gasteiger partial charge >= 0.3 is 0 Å². The lowest BCUT2D eigenvalue weighted by molar-refractivity contribution is -0.142. The van der Waals surface area contributed by atoms with Crippen LogP contribution in [0.25, 0.3) is 0 Å². The molecular formula is C11H20N2O3. The molecule has 1 atom stereocenters. The van der Waals surface area contributed by atoms with Crippen LogP contribution < -0.4 is 0 Å². The summed E-state index contributed by atoms with van der Waals surface area (Å²) in [5, 5.41) is 0. The molecule has 92 valence electrons. The minimum Gasteiger partial charge on any atom is -0.379 e. The number of carbonyl (C=O) groups is 1. The fraction of sp³-hybridized carbons (Fsp3) is 0.909. The summed E-state index contributed by atoms with van der Waals surface area (Å²) in [5.74, 6) is 0.227. The Kier molecular flexibility index (Phi) is 4.15. The summed E-state index contributed by atoms with van der Waals surface area (Å²) < 4.78 is 10.5. The van der Waals surface area contributed by atoms with Crippen molar-refractivity contribution in [3.05, 3.63) is 0 Å². The topological polar surface area (TPSA) is 42.0 Å². The maximum Gasteiger partial charge on any atom is 0.239 e. The number of hydrogen-bond acceptors (Lipinski definition) is 4. The van der Waals surface area contributed by atoms with Gasteiger partial charge in [0.2, 0.25) is 5.91 Å². The van der Waals surface area contributed by atoms with Crippen LogP contribution in [-0.2, 0) is 14.3 Å². The Balaban J connectivity index is 1.86. The van der Waals surface area contributed by atoms with Gasteiger partial charge < -0.3 is 14.4 Å². The molecule has 0 spiro atoms. The molecule has 16 heavy (non-hydrogen) atoms. The molecule has 2 saturated heterocycles. The fourth-order valence-corrected chi connectivity index (χ4v) is 2.17. The second-order valence-corrected chi connectivity index (χ2v) is 4.26. The van der Waals surface area contributed by atoms with Crippen LogP contribution in [0.1, 0.15) is 6.92 Å². The van der Waals surface area contributed by atoms with Gasteiger partial charge in [-0.1, -0.05) is 0 Å². The van der Waals surface area contributed by atoms with Gasteiger partial charge in [0, 0.05) is 26.2 Å². The van der Waals surface area contributed by atoms with Gasteiger partial charge in [0.05, 0.1) is 32.5 Å². The van der Waals surface area contributed by atoms with E-state index in [0.29, 0.717) is 13.2 Å². The third-order valence-corrected chi connectivity index (χ3v) is 3.27. The summed E-state index contributed by atoms with van der Waals surface area (Å²) in [5.41, 5.74) is 0. The van der Waals surface area contributed by atoms with Crippen molar-refractivity contribution in [2.24, 2.45) is 0 Å². The van der Waals surface area contributed by atoms with Crippen molar-refractivity contribution in [1.82, 2.24) is 9.80 Å². The van der Waals surface area contributed by atoms with Gasteiger partial charge in [-0.3, -0.25) is 9.69 Å². The number of nitrogens with zero attached hydrogens (tertiary/aromatic N) is 2. The highest BCUT2D eigenvalue weighted by molar-refractivity contribution is 5.81. The molecule has 1 amide bonds. The summed E-state index contributed by atoms with van der Waals surface area (Å²) in [7, 11) is 0. The van der Waals surface area contributed by atoms with Gasteiger partial charge in [-0.25, -0.2) is 0 Å². The molecule has 2 aliphatic rings. The minimum atomic E-state index is -0.0259. The van der Waals surface area contributed by atoms with Crippen molar-refractivity contribution in [2.45, 2.75) is 13.0 Å². The molecule has 1 unspecified atom stereocenters. The predicted molar refractivity (Wildman–Crippen MR) is 59.3 cm³/mol. The molecule has 2 rings (SSSR count). The van der Waals surface area contributed by atoms with E-state index in [1.807, 2.05) is 11.8 Å². The Morgan fingerprint density at radius 3 is 2.06 bits per heavy atom. The average Bonchev–Trinajstić information content (AvgIpc) is 2.39. The van der Waals surface area contributed by atoms with E-state index in [1.165, 1.54) is 0 Å². The van der Waals surface area contributed by atoms with Gasteiger partial charge in [-0.2, -0.15) is 0 Å². The van der Waals surface area contributed by atoms with E-state index in [1.54, 1.807) is 0 Å². The van der Waals surface area contributed by atoms with Crippen LogP contribution in [0.2, 0.25) is 0 Å². The molecule has 0 aromatic rings. The third-order valence-electron chi connectivity index (χ3n) is 3.27. The Bertz CT molecular complexity index is 235. The molecule has 0 aromatic carbocycles. The number of morpholine rings is 2. The van der Waals surface area contributed by atoms with Crippen LogP contribution in [0.15, 0.2) is 0 Å². The first-order valence-electron chi connectivity index (χ1n) is 5.97. The highest BCUT2D eigenvalue weighted by Gasteiger charge is 2.27. The van der Waals surface area contributed by atoms with Gasteiger partial charge in [-0.15, -0.1) is 0 Å². The van der Waals surface area contributed by atoms with Gasteiger partial charge in [-0.05, 0) is 6.92 Å². The summed E-state index contributed by atoms with van der Waals surface area (Å²) in [6, 6.07) is -0.0259. The monoisotopic (exact) mass is 228 g/mol. The Hall–Kier alpha value is -0.650. The first kappa shape index (κ1) is 11.8. The van der Waals surface area contributed by atoms with Crippen LogP contribution in [0.4, 0.5) is 0 Å². The van der Waals surface area contributed by atoms with Crippen molar-refractivity contribution < 1.29 is 14.3 Å². The van der Waals surface area contributed by atoms with Crippen molar-refractivity contribution >= 4 is 5.91 Å². The summed E-state index contributed by atoms with van der Waals surface area (Å²) in [6.45, 7) is 7.98. The highest BCUT2D eigenvalue weighted by Crippen LogP contribution is 2.08. The van der Waals surface area contributed by atoms with Crippen molar-refractivity contribution in [2.75, 3.05) is 52.6 Å². The molecule has 0 radical (unpaired) electrons. The van der Waals surface area contributed by atoms with E-state index in [0.717, 1.165) is 39.4 Å². The van der Waals surface area contributed by atoms with Crippen LogP contribution in [0.3, 0.4) is 0 Å². The molecule has 0 aromatic heterocycles. The van der Waals surface area contributed by atoms with E-state index in [9.17, 15) is 4.79 Å². The molecule has 0 aliphatic carbocycles. The molecule has 5 nitrogen and oxygen atoms in total. The quantitative estimate of drug-likeness (QED) is 0.643. The number of amides is 1. The lowest BCUT2D eigenvalue weighted by Crippen LogP contribution is -2.53. The molecule has 2 fully saturated rings. The lowest BCUT2D eigenvalue weighted by atomic mass is 10.2. The second kappa shape index (κ2) is 5.61. The maximum atomic E-state index is 12.2. The zero-order valence-electron chi connectivity index (χ0n) is 9.85. The van der Waals surface area contributed by atoms with Crippen LogP contribution >= 0.6 is 0 Å². The molecule has 2 heterocycles. The molecule has 5 heteroatoms. The average molecular weight is 228 g/mol. The molecule has 0 bridgehead atoms. The van der Waals surface area contributed by atoms with E-state index in [-0.39, 0.29) is 11.9 Å². The normalized spacial score (nSPS) is 25.4. The third kappa shape index (κ3) is 2.72. The summed E-state index contributed by atoms with van der Waals surface area (Å²) in [4.78, 5) is 16.3. The Morgan fingerprint density at radius 2 is 1.50 bits per heavy atom. The van der Waals surface area contributed by atoms with Crippen LogP contribution in [-0.4, -0.2) is 74.4 Å². The first-order valence-corrected chi connectivity index (χ1v) is 5.97.